The van der Waals surface area contributed by atoms with Gasteiger partial charge in [0.25, 0.3) is 0 Å². The first kappa shape index (κ1) is 16.2. The molecule has 8 heteroatoms. The molecule has 0 aliphatic carbocycles. The topological polar surface area (TPSA) is 148 Å². The Morgan fingerprint density at radius 2 is 1.59 bits per heavy atom. The van der Waals surface area contributed by atoms with E-state index in [-0.39, 0.29) is 0 Å². The highest BCUT2D eigenvalue weighted by molar-refractivity contribution is 5.71. The minimum absolute atomic E-state index is 0.786. The molecule has 102 valence electrons. The lowest BCUT2D eigenvalue weighted by atomic mass is 10.0. The smallest absolute Gasteiger partial charge is 0.332 e. The zero-order valence-electron chi connectivity index (χ0n) is 9.30. The van der Waals surface area contributed by atoms with Gasteiger partial charge in [0.1, 0.15) is 24.4 Å². The highest BCUT2D eigenvalue weighted by Crippen LogP contribution is 2.12. The van der Waals surface area contributed by atoms with Crippen LogP contribution in [0.25, 0.3) is 0 Å². The highest BCUT2D eigenvalue weighted by atomic mass is 16.5. The molecule has 0 spiro atoms. The summed E-state index contributed by atoms with van der Waals surface area (Å²) in [7, 11) is 0. The molecule has 0 fully saturated rings. The van der Waals surface area contributed by atoms with Crippen molar-refractivity contribution in [2.24, 2.45) is 0 Å². The van der Waals surface area contributed by atoms with Crippen molar-refractivity contribution in [3.05, 3.63) is 0 Å². The maximum absolute atomic E-state index is 10.5. The first-order chi connectivity index (χ1) is 7.84. The van der Waals surface area contributed by atoms with Gasteiger partial charge in [-0.3, -0.25) is 0 Å². The quantitative estimate of drug-likeness (QED) is 0.267. The lowest BCUT2D eigenvalue weighted by Gasteiger charge is -2.30. The number of hydrogen-bond donors (Lipinski definition) is 6. The van der Waals surface area contributed by atoms with E-state index in [1.165, 1.54) is 0 Å². The van der Waals surface area contributed by atoms with Gasteiger partial charge in [-0.1, -0.05) is 0 Å². The summed E-state index contributed by atoms with van der Waals surface area (Å²) < 4.78 is 4.82. The summed E-state index contributed by atoms with van der Waals surface area (Å²) in [5.41, 5.74) is 0. The van der Waals surface area contributed by atoms with Crippen LogP contribution in [0, 0.1) is 0 Å². The van der Waals surface area contributed by atoms with Crippen LogP contribution >= 0.6 is 0 Å². The molecular formula is C9H18O8. The van der Waals surface area contributed by atoms with Gasteiger partial charge in [-0.2, -0.15) is 0 Å². The predicted molar refractivity (Wildman–Crippen MR) is 54.2 cm³/mol. The van der Waals surface area contributed by atoms with Crippen LogP contribution in [0.1, 0.15) is 6.92 Å². The molecule has 0 aliphatic rings. The Hall–Kier alpha value is -0.770. The van der Waals surface area contributed by atoms with Crippen LogP contribution < -0.4 is 0 Å². The number of aliphatic hydroxyl groups is 5. The summed E-state index contributed by atoms with van der Waals surface area (Å²) in [6.07, 6.45) is -7.77. The molecule has 5 atom stereocenters. The second-order valence-corrected chi connectivity index (χ2v) is 3.57. The first-order valence-corrected chi connectivity index (χ1v) is 4.99. The summed E-state index contributed by atoms with van der Waals surface area (Å²) in [6, 6.07) is 0. The van der Waals surface area contributed by atoms with Crippen molar-refractivity contribution >= 4 is 5.97 Å². The van der Waals surface area contributed by atoms with Crippen LogP contribution in [0.3, 0.4) is 0 Å². The molecule has 0 radical (unpaired) electrons. The number of ether oxygens (including phenoxy) is 1. The van der Waals surface area contributed by atoms with Crippen molar-refractivity contribution in [2.45, 2.75) is 37.4 Å². The number of aliphatic hydroxyl groups excluding tert-OH is 5. The van der Waals surface area contributed by atoms with E-state index >= 15 is 0 Å². The second-order valence-electron chi connectivity index (χ2n) is 3.57. The number of hydrogen-bond acceptors (Lipinski definition) is 7. The maximum Gasteiger partial charge on any atom is 0.332 e. The van der Waals surface area contributed by atoms with Crippen LogP contribution in [-0.2, 0) is 9.53 Å². The van der Waals surface area contributed by atoms with E-state index in [0.717, 1.165) is 6.92 Å². The van der Waals surface area contributed by atoms with Gasteiger partial charge >= 0.3 is 5.97 Å². The third-order valence-corrected chi connectivity index (χ3v) is 2.19. The number of rotatable bonds is 8. The van der Waals surface area contributed by atoms with Crippen LogP contribution in [0.4, 0.5) is 0 Å². The summed E-state index contributed by atoms with van der Waals surface area (Å²) in [5, 5.41) is 54.0. The summed E-state index contributed by atoms with van der Waals surface area (Å²) >= 11 is 0. The van der Waals surface area contributed by atoms with Gasteiger partial charge in [0.2, 0.25) is 0 Å². The first-order valence-electron chi connectivity index (χ1n) is 4.99. The molecule has 8 nitrogen and oxygen atoms in total. The average Bonchev–Trinajstić information content (AvgIpc) is 2.32. The van der Waals surface area contributed by atoms with Crippen molar-refractivity contribution in [1.29, 1.82) is 0 Å². The predicted octanol–water partition coefficient (Wildman–Crippen LogP) is -3.09. The average molecular weight is 254 g/mol. The van der Waals surface area contributed by atoms with Crippen molar-refractivity contribution in [1.82, 2.24) is 0 Å². The molecule has 0 heterocycles. The fourth-order valence-electron chi connectivity index (χ4n) is 1.12. The lowest BCUT2D eigenvalue weighted by Crippen LogP contribution is -2.50. The standard InChI is InChI=1S/C9H18O8/c1-4(9(15)16)17-8(6(13)3-11)7(14)5(12)2-10/h4-8,10-14H,2-3H2,1H3,(H,15,16)/t4-,5-,6+,7-,8-/m1/s1. The fraction of sp³-hybridized carbons (Fsp3) is 0.889. The molecule has 0 bridgehead atoms. The van der Waals surface area contributed by atoms with Crippen molar-refractivity contribution in [3.63, 3.8) is 0 Å². The Kier molecular flexibility index (Phi) is 7.19. The maximum atomic E-state index is 10.5. The normalized spacial score (nSPS) is 20.4. The van der Waals surface area contributed by atoms with E-state index in [9.17, 15) is 20.1 Å². The van der Waals surface area contributed by atoms with E-state index in [1.54, 1.807) is 0 Å². The van der Waals surface area contributed by atoms with E-state index in [2.05, 4.69) is 0 Å². The third kappa shape index (κ3) is 4.94. The number of carbonyl (C=O) groups is 1. The van der Waals surface area contributed by atoms with Gasteiger partial charge in [0, 0.05) is 0 Å². The highest BCUT2D eigenvalue weighted by Gasteiger charge is 2.34. The Bertz CT molecular complexity index is 233. The Morgan fingerprint density at radius 1 is 1.12 bits per heavy atom. The molecule has 0 aromatic rings. The lowest BCUT2D eigenvalue weighted by molar-refractivity contribution is -0.182. The number of aliphatic carboxylic acids is 1. The summed E-state index contributed by atoms with van der Waals surface area (Å²) in [6.45, 7) is -0.412. The minimum atomic E-state index is -1.72. The van der Waals surface area contributed by atoms with Gasteiger partial charge in [-0.15, -0.1) is 0 Å². The monoisotopic (exact) mass is 254 g/mol. The van der Waals surface area contributed by atoms with E-state index in [1.807, 2.05) is 0 Å². The molecule has 0 saturated carbocycles. The minimum Gasteiger partial charge on any atom is -0.479 e. The molecule has 0 aliphatic heterocycles. The van der Waals surface area contributed by atoms with Gasteiger partial charge in [0.15, 0.2) is 6.10 Å². The Balaban J connectivity index is 4.69. The molecule has 17 heavy (non-hydrogen) atoms. The molecule has 0 aromatic heterocycles. The number of carboxylic acid groups (broad SMARTS) is 1. The molecule has 0 unspecified atom stereocenters. The van der Waals surface area contributed by atoms with Gasteiger partial charge in [-0.25, -0.2) is 4.79 Å². The Morgan fingerprint density at radius 3 is 1.94 bits per heavy atom. The van der Waals surface area contributed by atoms with Crippen LogP contribution in [0.2, 0.25) is 0 Å². The van der Waals surface area contributed by atoms with Crippen molar-refractivity contribution in [2.75, 3.05) is 13.2 Å². The number of carboxylic acids is 1. The van der Waals surface area contributed by atoms with E-state index in [0.29, 0.717) is 0 Å². The van der Waals surface area contributed by atoms with Crippen LogP contribution in [-0.4, -0.2) is 80.3 Å². The largest absolute Gasteiger partial charge is 0.479 e. The Labute approximate surface area is 97.7 Å². The third-order valence-electron chi connectivity index (χ3n) is 2.19. The molecule has 0 saturated heterocycles. The molecule has 0 aromatic carbocycles. The second kappa shape index (κ2) is 7.54. The van der Waals surface area contributed by atoms with Gasteiger partial charge < -0.3 is 35.4 Å². The SMILES string of the molecule is C[C@@H](O[C@@H]([C@H](O)[C@H](O)CO)[C@@H](O)CO)C(=O)O. The molecular weight excluding hydrogens is 236 g/mol. The summed E-state index contributed by atoms with van der Waals surface area (Å²) in [5.74, 6) is -1.33. The molecule has 6 N–H and O–H groups in total. The van der Waals surface area contributed by atoms with E-state index < -0.39 is 49.7 Å². The van der Waals surface area contributed by atoms with Crippen molar-refractivity contribution in [3.8, 4) is 0 Å². The van der Waals surface area contributed by atoms with Crippen LogP contribution in [0.15, 0.2) is 0 Å². The van der Waals surface area contributed by atoms with Gasteiger partial charge in [-0.05, 0) is 6.92 Å². The molecule has 0 rings (SSSR count). The fourth-order valence-corrected chi connectivity index (χ4v) is 1.12. The van der Waals surface area contributed by atoms with Crippen LogP contribution in [0.5, 0.6) is 0 Å². The zero-order valence-corrected chi connectivity index (χ0v) is 9.30. The van der Waals surface area contributed by atoms with Gasteiger partial charge in [0.05, 0.1) is 13.2 Å². The van der Waals surface area contributed by atoms with Crippen molar-refractivity contribution < 1.29 is 40.2 Å². The summed E-state index contributed by atoms with van der Waals surface area (Å²) in [4.78, 5) is 10.5. The van der Waals surface area contributed by atoms with E-state index in [4.69, 9.17) is 20.1 Å². The molecule has 0 amide bonds. The zero-order chi connectivity index (χ0) is 13.6.